The second kappa shape index (κ2) is 8.62. The highest BCUT2D eigenvalue weighted by molar-refractivity contribution is 8.01. The van der Waals surface area contributed by atoms with E-state index in [0.717, 1.165) is 44.1 Å². The van der Waals surface area contributed by atoms with E-state index >= 15 is 0 Å². The molecule has 2 aromatic heterocycles. The van der Waals surface area contributed by atoms with Gasteiger partial charge in [-0.05, 0) is 44.0 Å². The molecule has 9 heteroatoms. The van der Waals surface area contributed by atoms with Crippen molar-refractivity contribution in [2.75, 3.05) is 5.75 Å². The van der Waals surface area contributed by atoms with Crippen LogP contribution in [0.15, 0.2) is 39.1 Å². The number of rotatable bonds is 7. The van der Waals surface area contributed by atoms with Crippen LogP contribution < -0.4 is 0 Å². The third kappa shape index (κ3) is 5.42. The van der Waals surface area contributed by atoms with Crippen LogP contribution >= 0.6 is 23.1 Å². The molecule has 0 amide bonds. The molecule has 1 aromatic carbocycles. The fraction of sp³-hybridized carbons (Fsp3) is 0.300. The van der Waals surface area contributed by atoms with Gasteiger partial charge in [0.2, 0.25) is 0 Å². The Morgan fingerprint density at radius 2 is 1.93 bits per heavy atom. The van der Waals surface area contributed by atoms with Crippen molar-refractivity contribution in [1.82, 2.24) is 4.98 Å². The molecule has 0 spiro atoms. The number of thioether (sulfide) groups is 1. The van der Waals surface area contributed by atoms with E-state index in [0.29, 0.717) is 17.7 Å². The molecule has 0 saturated carbocycles. The van der Waals surface area contributed by atoms with Crippen molar-refractivity contribution in [3.05, 3.63) is 57.8 Å². The van der Waals surface area contributed by atoms with E-state index in [-0.39, 0.29) is 6.42 Å². The first-order valence-electron chi connectivity index (χ1n) is 8.71. The van der Waals surface area contributed by atoms with Gasteiger partial charge in [0.25, 0.3) is 0 Å². The number of thiazole rings is 1. The number of aliphatic carboxylic acids is 1. The average Bonchev–Trinajstić information content (AvgIpc) is 3.17. The number of halogens is 3. The van der Waals surface area contributed by atoms with Crippen molar-refractivity contribution in [3.8, 4) is 11.3 Å². The molecule has 0 aliphatic carbocycles. The summed E-state index contributed by atoms with van der Waals surface area (Å²) >= 11 is 2.93. The van der Waals surface area contributed by atoms with Gasteiger partial charge in [-0.3, -0.25) is 4.79 Å². The van der Waals surface area contributed by atoms with E-state index in [4.69, 9.17) is 9.52 Å². The standard InChI is InChI=1S/C20H18F3NO3S2/c1-11-17(10-18(25)26)29-19(24-11)28-8-7-14-9-16(27-12(14)2)13-3-5-15(6-4-13)20(21,22)23/h3-6,9H,7-8,10H2,1-2H3,(H,25,26). The lowest BCUT2D eigenvalue weighted by molar-refractivity contribution is -0.138. The lowest BCUT2D eigenvalue weighted by Crippen LogP contribution is -2.03. The summed E-state index contributed by atoms with van der Waals surface area (Å²) in [6, 6.07) is 6.75. The second-order valence-corrected chi connectivity index (χ2v) is 8.85. The van der Waals surface area contributed by atoms with Crippen molar-refractivity contribution >= 4 is 29.1 Å². The van der Waals surface area contributed by atoms with Crippen molar-refractivity contribution in [1.29, 1.82) is 0 Å². The zero-order chi connectivity index (χ0) is 21.2. The van der Waals surface area contributed by atoms with Crippen molar-refractivity contribution in [3.63, 3.8) is 0 Å². The number of hydrogen-bond donors (Lipinski definition) is 1. The summed E-state index contributed by atoms with van der Waals surface area (Å²) in [5.74, 6) is 1.11. The van der Waals surface area contributed by atoms with Gasteiger partial charge in [-0.2, -0.15) is 13.2 Å². The van der Waals surface area contributed by atoms with E-state index < -0.39 is 17.7 Å². The van der Waals surface area contributed by atoms with Crippen LogP contribution in [0.1, 0.15) is 27.5 Å². The number of carboxylic acid groups (broad SMARTS) is 1. The molecule has 0 atom stereocenters. The van der Waals surface area contributed by atoms with E-state index in [1.54, 1.807) is 18.7 Å². The molecular weight excluding hydrogens is 423 g/mol. The van der Waals surface area contributed by atoms with Gasteiger partial charge in [0.15, 0.2) is 0 Å². The molecule has 29 heavy (non-hydrogen) atoms. The lowest BCUT2D eigenvalue weighted by Gasteiger charge is -2.06. The smallest absolute Gasteiger partial charge is 0.416 e. The second-order valence-electron chi connectivity index (χ2n) is 6.42. The number of aromatic nitrogens is 1. The molecule has 0 radical (unpaired) electrons. The Hall–Kier alpha value is -2.26. The normalized spacial score (nSPS) is 11.8. The number of carbonyl (C=O) groups is 1. The molecule has 0 aliphatic heterocycles. The highest BCUT2D eigenvalue weighted by Crippen LogP contribution is 2.33. The fourth-order valence-electron chi connectivity index (χ4n) is 2.75. The minimum absolute atomic E-state index is 0.0264. The van der Waals surface area contributed by atoms with Crippen molar-refractivity contribution < 1.29 is 27.5 Å². The predicted octanol–water partition coefficient (Wildman–Crippen LogP) is 6.00. The number of nitrogens with zero attached hydrogens (tertiary/aromatic N) is 1. The van der Waals surface area contributed by atoms with Crippen molar-refractivity contribution in [2.45, 2.75) is 37.2 Å². The van der Waals surface area contributed by atoms with Crippen LogP contribution in [-0.2, 0) is 23.8 Å². The maximum atomic E-state index is 12.7. The first-order valence-corrected chi connectivity index (χ1v) is 10.5. The van der Waals surface area contributed by atoms with Gasteiger partial charge in [-0.1, -0.05) is 23.9 Å². The Kier molecular flexibility index (Phi) is 6.38. The van der Waals surface area contributed by atoms with Crippen LogP contribution in [0.5, 0.6) is 0 Å². The Morgan fingerprint density at radius 3 is 2.55 bits per heavy atom. The summed E-state index contributed by atoms with van der Waals surface area (Å²) in [6.45, 7) is 3.63. The van der Waals surface area contributed by atoms with E-state index in [1.807, 2.05) is 13.0 Å². The fourth-order valence-corrected chi connectivity index (χ4v) is 5.01. The highest BCUT2D eigenvalue weighted by atomic mass is 32.2. The molecule has 0 bridgehead atoms. The molecule has 1 N–H and O–H groups in total. The zero-order valence-electron chi connectivity index (χ0n) is 15.7. The Labute approximate surface area is 173 Å². The number of aryl methyl sites for hydroxylation is 3. The molecule has 3 aromatic rings. The van der Waals surface area contributed by atoms with Crippen LogP contribution in [0.2, 0.25) is 0 Å². The van der Waals surface area contributed by atoms with Gasteiger partial charge in [-0.25, -0.2) is 4.98 Å². The maximum absolute atomic E-state index is 12.7. The molecule has 3 rings (SSSR count). The molecule has 2 heterocycles. The van der Waals surface area contributed by atoms with Gasteiger partial charge in [0.1, 0.15) is 15.9 Å². The summed E-state index contributed by atoms with van der Waals surface area (Å²) in [4.78, 5) is 16.0. The van der Waals surface area contributed by atoms with Gasteiger partial charge >= 0.3 is 12.1 Å². The van der Waals surface area contributed by atoms with E-state index in [1.165, 1.54) is 23.5 Å². The summed E-state index contributed by atoms with van der Waals surface area (Å²) in [7, 11) is 0. The maximum Gasteiger partial charge on any atom is 0.416 e. The molecular formula is C20H18F3NO3S2. The molecule has 154 valence electrons. The van der Waals surface area contributed by atoms with Crippen LogP contribution in [0.25, 0.3) is 11.3 Å². The number of benzene rings is 1. The van der Waals surface area contributed by atoms with Crippen LogP contribution in [0, 0.1) is 13.8 Å². The Bertz CT molecular complexity index is 1010. The monoisotopic (exact) mass is 441 g/mol. The molecule has 0 aliphatic rings. The zero-order valence-corrected chi connectivity index (χ0v) is 17.3. The topological polar surface area (TPSA) is 63.3 Å². The summed E-state index contributed by atoms with van der Waals surface area (Å²) in [5.41, 5.74) is 1.62. The third-order valence-electron chi connectivity index (χ3n) is 4.30. The minimum Gasteiger partial charge on any atom is -0.481 e. The van der Waals surface area contributed by atoms with Gasteiger partial charge in [-0.15, -0.1) is 11.3 Å². The SMILES string of the molecule is Cc1nc(SCCc2cc(-c3ccc(C(F)(F)F)cc3)oc2C)sc1CC(=O)O. The number of carboxylic acids is 1. The Morgan fingerprint density at radius 1 is 1.24 bits per heavy atom. The molecule has 0 unspecified atom stereocenters. The first kappa shape index (κ1) is 21.4. The summed E-state index contributed by atoms with van der Waals surface area (Å²) in [5, 5.41) is 8.91. The summed E-state index contributed by atoms with van der Waals surface area (Å²) in [6.07, 6.45) is -3.69. The van der Waals surface area contributed by atoms with Crippen LogP contribution in [0.4, 0.5) is 13.2 Å². The first-order chi connectivity index (χ1) is 13.6. The van der Waals surface area contributed by atoms with Crippen molar-refractivity contribution in [2.24, 2.45) is 0 Å². The average molecular weight is 441 g/mol. The molecule has 0 fully saturated rings. The Balaban J connectivity index is 1.63. The van der Waals surface area contributed by atoms with Gasteiger partial charge < -0.3 is 9.52 Å². The number of furan rings is 1. The lowest BCUT2D eigenvalue weighted by atomic mass is 10.1. The van der Waals surface area contributed by atoms with Crippen LogP contribution in [0.3, 0.4) is 0 Å². The van der Waals surface area contributed by atoms with E-state index in [9.17, 15) is 18.0 Å². The summed E-state index contributed by atoms with van der Waals surface area (Å²) < 4.78 is 44.6. The van der Waals surface area contributed by atoms with Gasteiger partial charge in [0, 0.05) is 16.2 Å². The van der Waals surface area contributed by atoms with Crippen LogP contribution in [-0.4, -0.2) is 21.8 Å². The number of hydrogen-bond acceptors (Lipinski definition) is 5. The highest BCUT2D eigenvalue weighted by Gasteiger charge is 2.30. The van der Waals surface area contributed by atoms with Gasteiger partial charge in [0.05, 0.1) is 17.7 Å². The molecule has 0 saturated heterocycles. The minimum atomic E-state index is -4.36. The molecule has 4 nitrogen and oxygen atoms in total. The van der Waals surface area contributed by atoms with E-state index in [2.05, 4.69) is 4.98 Å². The third-order valence-corrected chi connectivity index (χ3v) is 6.60. The quantitative estimate of drug-likeness (QED) is 0.456. The largest absolute Gasteiger partial charge is 0.481 e. The number of alkyl halides is 3. The predicted molar refractivity (Wildman–Crippen MR) is 107 cm³/mol.